The van der Waals surface area contributed by atoms with Crippen LogP contribution in [0.5, 0.6) is 5.75 Å². The first-order valence-corrected chi connectivity index (χ1v) is 9.06. The average molecular weight is 406 g/mol. The molecule has 0 aliphatic heterocycles. The van der Waals surface area contributed by atoms with Crippen molar-refractivity contribution < 1.29 is 18.7 Å². The average Bonchev–Trinajstić information content (AvgIpc) is 3.05. The van der Waals surface area contributed by atoms with E-state index in [2.05, 4.69) is 10.9 Å². The maximum absolute atomic E-state index is 13.2. The Bertz CT molecular complexity index is 1110. The van der Waals surface area contributed by atoms with Crippen LogP contribution >= 0.6 is 0 Å². The Morgan fingerprint density at radius 1 is 1.07 bits per heavy atom. The molecule has 0 radical (unpaired) electrons. The van der Waals surface area contributed by atoms with Gasteiger partial charge in [0, 0.05) is 17.1 Å². The molecule has 7 nitrogen and oxygen atoms in total. The van der Waals surface area contributed by atoms with Crippen molar-refractivity contribution in [2.75, 3.05) is 6.61 Å². The second-order valence-corrected chi connectivity index (χ2v) is 6.52. The third-order valence-electron chi connectivity index (χ3n) is 4.43. The lowest BCUT2D eigenvalue weighted by atomic mass is 10.2. The minimum absolute atomic E-state index is 0.305. The Labute approximate surface area is 172 Å². The van der Waals surface area contributed by atoms with E-state index in [0.717, 1.165) is 11.4 Å². The predicted molar refractivity (Wildman–Crippen MR) is 107 cm³/mol. The molecule has 152 valence electrons. The second-order valence-electron chi connectivity index (χ2n) is 6.52. The van der Waals surface area contributed by atoms with Crippen molar-refractivity contribution in [1.29, 1.82) is 5.26 Å². The fraction of sp³-hybridized carbons (Fsp3) is 0.136. The van der Waals surface area contributed by atoms with Crippen LogP contribution in [0.1, 0.15) is 27.3 Å². The molecule has 0 aliphatic carbocycles. The lowest BCUT2D eigenvalue weighted by molar-refractivity contribution is -0.123. The molecule has 2 amide bonds. The van der Waals surface area contributed by atoms with Gasteiger partial charge < -0.3 is 9.30 Å². The van der Waals surface area contributed by atoms with Gasteiger partial charge in [-0.15, -0.1) is 0 Å². The highest BCUT2D eigenvalue weighted by Crippen LogP contribution is 2.21. The molecule has 8 heteroatoms. The van der Waals surface area contributed by atoms with Crippen molar-refractivity contribution in [3.8, 4) is 17.5 Å². The summed E-state index contributed by atoms with van der Waals surface area (Å²) in [6.45, 7) is 3.29. The molecule has 0 unspecified atom stereocenters. The van der Waals surface area contributed by atoms with E-state index in [1.54, 1.807) is 49.4 Å². The van der Waals surface area contributed by atoms with Crippen LogP contribution in [-0.2, 0) is 4.79 Å². The van der Waals surface area contributed by atoms with Crippen LogP contribution in [0, 0.1) is 31.0 Å². The maximum Gasteiger partial charge on any atom is 0.276 e. The number of carbonyl (C=O) groups excluding carboxylic acids is 2. The minimum atomic E-state index is -0.542. The van der Waals surface area contributed by atoms with Gasteiger partial charge in [0.1, 0.15) is 11.6 Å². The van der Waals surface area contributed by atoms with Gasteiger partial charge in [-0.2, -0.15) is 5.26 Å². The van der Waals surface area contributed by atoms with E-state index in [1.165, 1.54) is 12.1 Å². The molecule has 3 aromatic rings. The van der Waals surface area contributed by atoms with Crippen LogP contribution in [-0.4, -0.2) is 23.0 Å². The topological polar surface area (TPSA) is 96.2 Å². The van der Waals surface area contributed by atoms with E-state index in [4.69, 9.17) is 10.00 Å². The molecule has 0 aliphatic rings. The first-order chi connectivity index (χ1) is 14.4. The molecule has 1 heterocycles. The molecule has 1 aromatic heterocycles. The summed E-state index contributed by atoms with van der Waals surface area (Å²) in [4.78, 5) is 24.4. The quantitative estimate of drug-likeness (QED) is 0.637. The molecule has 2 N–H and O–H groups in total. The van der Waals surface area contributed by atoms with E-state index < -0.39 is 11.8 Å². The third kappa shape index (κ3) is 4.64. The van der Waals surface area contributed by atoms with Crippen molar-refractivity contribution in [2.24, 2.45) is 0 Å². The monoisotopic (exact) mass is 406 g/mol. The summed E-state index contributed by atoms with van der Waals surface area (Å²) in [5, 5.41) is 8.76. The standard InChI is InChI=1S/C22H19FN4O3/c1-14-11-20(15(2)27(14)18-7-5-17(23)6-8-18)22(29)26-25-21(28)13-30-19-9-3-16(12-24)4-10-19/h3-11H,13H2,1-2H3,(H,25,28)(H,26,29). The second kappa shape index (κ2) is 8.92. The van der Waals surface area contributed by atoms with Gasteiger partial charge in [0.15, 0.2) is 6.61 Å². The molecule has 0 atom stereocenters. The highest BCUT2D eigenvalue weighted by molar-refractivity contribution is 5.97. The zero-order valence-electron chi connectivity index (χ0n) is 16.4. The molecule has 0 spiro atoms. The summed E-state index contributed by atoms with van der Waals surface area (Å²) in [5.74, 6) is -0.938. The molecular weight excluding hydrogens is 387 g/mol. The summed E-state index contributed by atoms with van der Waals surface area (Å²) in [5.41, 5.74) is 7.70. The number of aryl methyl sites for hydroxylation is 1. The normalized spacial score (nSPS) is 10.2. The summed E-state index contributed by atoms with van der Waals surface area (Å²) in [6, 6.07) is 15.9. The van der Waals surface area contributed by atoms with Crippen LogP contribution in [0.4, 0.5) is 4.39 Å². The van der Waals surface area contributed by atoms with Crippen molar-refractivity contribution in [2.45, 2.75) is 13.8 Å². The largest absolute Gasteiger partial charge is 0.484 e. The number of aromatic nitrogens is 1. The number of ether oxygens (including phenoxy) is 1. The zero-order chi connectivity index (χ0) is 21.7. The third-order valence-corrected chi connectivity index (χ3v) is 4.43. The highest BCUT2D eigenvalue weighted by atomic mass is 19.1. The Balaban J connectivity index is 1.59. The highest BCUT2D eigenvalue weighted by Gasteiger charge is 2.17. The molecule has 0 saturated carbocycles. The van der Waals surface area contributed by atoms with Crippen LogP contribution in [0.2, 0.25) is 0 Å². The Morgan fingerprint density at radius 2 is 1.73 bits per heavy atom. The molecule has 0 saturated heterocycles. The fourth-order valence-electron chi connectivity index (χ4n) is 2.98. The van der Waals surface area contributed by atoms with Crippen molar-refractivity contribution in [3.63, 3.8) is 0 Å². The van der Waals surface area contributed by atoms with Gasteiger partial charge in [-0.3, -0.25) is 20.4 Å². The smallest absolute Gasteiger partial charge is 0.276 e. The van der Waals surface area contributed by atoms with Crippen molar-refractivity contribution >= 4 is 11.8 Å². The molecule has 30 heavy (non-hydrogen) atoms. The minimum Gasteiger partial charge on any atom is -0.484 e. The Kier molecular flexibility index (Phi) is 6.13. The number of nitrogens with zero attached hydrogens (tertiary/aromatic N) is 2. The van der Waals surface area contributed by atoms with Crippen LogP contribution < -0.4 is 15.6 Å². The maximum atomic E-state index is 13.2. The molecular formula is C22H19FN4O3. The number of amides is 2. The molecule has 2 aromatic carbocycles. The summed E-state index contributed by atoms with van der Waals surface area (Å²) in [6.07, 6.45) is 0. The van der Waals surface area contributed by atoms with Gasteiger partial charge in [-0.1, -0.05) is 0 Å². The molecule has 3 rings (SSSR count). The van der Waals surface area contributed by atoms with E-state index >= 15 is 0 Å². The van der Waals surface area contributed by atoms with Gasteiger partial charge in [-0.25, -0.2) is 4.39 Å². The number of nitriles is 1. The first-order valence-electron chi connectivity index (χ1n) is 9.06. The summed E-state index contributed by atoms with van der Waals surface area (Å²) < 4.78 is 20.3. The first kappa shape index (κ1) is 20.6. The lowest BCUT2D eigenvalue weighted by Gasteiger charge is -2.11. The number of benzene rings is 2. The Hall–Kier alpha value is -4.12. The number of nitrogens with one attached hydrogen (secondary N) is 2. The number of hydrogen-bond donors (Lipinski definition) is 2. The van der Waals surface area contributed by atoms with Gasteiger partial charge >= 0.3 is 0 Å². The summed E-state index contributed by atoms with van der Waals surface area (Å²) >= 11 is 0. The summed E-state index contributed by atoms with van der Waals surface area (Å²) in [7, 11) is 0. The van der Waals surface area contributed by atoms with Crippen molar-refractivity contribution in [1.82, 2.24) is 15.4 Å². The fourth-order valence-corrected chi connectivity index (χ4v) is 2.98. The number of carbonyl (C=O) groups is 2. The van der Waals surface area contributed by atoms with Crippen LogP contribution in [0.15, 0.2) is 54.6 Å². The van der Waals surface area contributed by atoms with E-state index in [0.29, 0.717) is 22.6 Å². The predicted octanol–water partition coefficient (Wildman–Crippen LogP) is 2.94. The Morgan fingerprint density at radius 3 is 2.37 bits per heavy atom. The van der Waals surface area contributed by atoms with Gasteiger partial charge in [-0.05, 0) is 68.4 Å². The van der Waals surface area contributed by atoms with E-state index in [1.807, 2.05) is 17.6 Å². The molecule has 0 fully saturated rings. The number of hydrazine groups is 1. The molecule has 0 bridgehead atoms. The number of hydrogen-bond acceptors (Lipinski definition) is 4. The van der Waals surface area contributed by atoms with Crippen molar-refractivity contribution in [3.05, 3.63) is 82.9 Å². The lowest BCUT2D eigenvalue weighted by Crippen LogP contribution is -2.44. The van der Waals surface area contributed by atoms with E-state index in [-0.39, 0.29) is 12.4 Å². The van der Waals surface area contributed by atoms with Crippen LogP contribution in [0.25, 0.3) is 5.69 Å². The van der Waals surface area contributed by atoms with Gasteiger partial charge in [0.05, 0.1) is 17.2 Å². The SMILES string of the molecule is Cc1cc(C(=O)NNC(=O)COc2ccc(C#N)cc2)c(C)n1-c1ccc(F)cc1. The number of halogens is 1. The van der Waals surface area contributed by atoms with E-state index in [9.17, 15) is 14.0 Å². The van der Waals surface area contributed by atoms with Gasteiger partial charge in [0.2, 0.25) is 0 Å². The van der Waals surface area contributed by atoms with Crippen LogP contribution in [0.3, 0.4) is 0 Å². The number of rotatable bonds is 5. The van der Waals surface area contributed by atoms with Gasteiger partial charge in [0.25, 0.3) is 11.8 Å². The zero-order valence-corrected chi connectivity index (χ0v) is 16.4.